The van der Waals surface area contributed by atoms with Crippen molar-refractivity contribution in [3.8, 4) is 5.75 Å². The molecule has 2 atom stereocenters. The van der Waals surface area contributed by atoms with Crippen LogP contribution in [0.3, 0.4) is 0 Å². The zero-order valence-corrected chi connectivity index (χ0v) is 18.8. The summed E-state index contributed by atoms with van der Waals surface area (Å²) in [5, 5.41) is 8.21. The number of benzene rings is 1. The van der Waals surface area contributed by atoms with Gasteiger partial charge < -0.3 is 14.8 Å². The molecule has 1 aliphatic heterocycles. The number of nitrogens with zero attached hydrogens (tertiary/aromatic N) is 3. The van der Waals surface area contributed by atoms with Gasteiger partial charge in [0.25, 0.3) is 12.3 Å². The highest BCUT2D eigenvalue weighted by Crippen LogP contribution is 2.51. The highest BCUT2D eigenvalue weighted by atomic mass is 19.3. The van der Waals surface area contributed by atoms with Crippen LogP contribution in [0.1, 0.15) is 62.5 Å². The van der Waals surface area contributed by atoms with E-state index in [1.165, 1.54) is 18.2 Å². The van der Waals surface area contributed by atoms with Gasteiger partial charge in [-0.1, -0.05) is 6.07 Å². The van der Waals surface area contributed by atoms with Gasteiger partial charge in [0.2, 0.25) is 0 Å². The fraction of sp³-hybridized carbons (Fsp3) is 0.458. The molecule has 9 heteroatoms. The fourth-order valence-electron chi connectivity index (χ4n) is 4.84. The highest BCUT2D eigenvalue weighted by molar-refractivity contribution is 6.08. The Morgan fingerprint density at radius 2 is 2.09 bits per heavy atom. The van der Waals surface area contributed by atoms with E-state index < -0.39 is 18.0 Å². The zero-order chi connectivity index (χ0) is 23.4. The number of fused-ring (bicyclic) bond motifs is 3. The Morgan fingerprint density at radius 1 is 1.27 bits per heavy atom. The number of anilines is 1. The molecule has 1 N–H and O–H groups in total. The van der Waals surface area contributed by atoms with Gasteiger partial charge in [0, 0.05) is 24.1 Å². The van der Waals surface area contributed by atoms with Crippen LogP contribution >= 0.6 is 0 Å². The molecule has 7 nitrogen and oxygen atoms in total. The largest absolute Gasteiger partial charge is 0.490 e. The van der Waals surface area contributed by atoms with Crippen molar-refractivity contribution >= 4 is 22.6 Å². The summed E-state index contributed by atoms with van der Waals surface area (Å²) < 4.78 is 39.9. The van der Waals surface area contributed by atoms with E-state index in [2.05, 4.69) is 17.2 Å². The van der Waals surface area contributed by atoms with Crippen molar-refractivity contribution in [3.05, 3.63) is 47.8 Å². The van der Waals surface area contributed by atoms with Gasteiger partial charge in [-0.3, -0.25) is 9.48 Å². The topological polar surface area (TPSA) is 78.3 Å². The van der Waals surface area contributed by atoms with Gasteiger partial charge in [-0.25, -0.2) is 13.8 Å². The second-order valence-electron chi connectivity index (χ2n) is 9.49. The Morgan fingerprint density at radius 3 is 2.73 bits per heavy atom. The predicted molar refractivity (Wildman–Crippen MR) is 119 cm³/mol. The average molecular weight is 456 g/mol. The first kappa shape index (κ1) is 21.8. The first-order chi connectivity index (χ1) is 15.7. The molecule has 0 spiro atoms. The third kappa shape index (κ3) is 3.94. The molecule has 1 aromatic carbocycles. The van der Waals surface area contributed by atoms with Gasteiger partial charge in [0.05, 0.1) is 34.9 Å². The lowest BCUT2D eigenvalue weighted by atomic mass is 9.99. The quantitative estimate of drug-likeness (QED) is 0.560. The van der Waals surface area contributed by atoms with Crippen LogP contribution in [-0.2, 0) is 10.3 Å². The Balaban J connectivity index is 1.50. The number of carbonyl (C=O) groups is 1. The number of halogens is 2. The van der Waals surface area contributed by atoms with Crippen molar-refractivity contribution in [1.82, 2.24) is 14.8 Å². The molecular formula is C24H26F2N4O3. The maximum atomic E-state index is 13.1. The Hall–Kier alpha value is -3.07. The van der Waals surface area contributed by atoms with E-state index in [4.69, 9.17) is 14.6 Å². The minimum atomic E-state index is -2.72. The van der Waals surface area contributed by atoms with Gasteiger partial charge in [-0.2, -0.15) is 5.10 Å². The Bertz CT molecular complexity index is 1220. The fourth-order valence-corrected chi connectivity index (χ4v) is 4.84. The van der Waals surface area contributed by atoms with E-state index in [9.17, 15) is 13.6 Å². The Labute approximate surface area is 190 Å². The second-order valence-corrected chi connectivity index (χ2v) is 9.49. The predicted octanol–water partition coefficient (Wildman–Crippen LogP) is 5.08. The zero-order valence-electron chi connectivity index (χ0n) is 18.8. The summed E-state index contributed by atoms with van der Waals surface area (Å²) in [4.78, 5) is 16.9. The number of ether oxygens (including phenoxy) is 2. The van der Waals surface area contributed by atoms with E-state index in [0.29, 0.717) is 12.4 Å². The third-order valence-electron chi connectivity index (χ3n) is 6.45. The van der Waals surface area contributed by atoms with E-state index in [-0.39, 0.29) is 28.6 Å². The molecule has 1 saturated carbocycles. The number of alkyl halides is 2. The monoisotopic (exact) mass is 456 g/mol. The molecular weight excluding hydrogens is 430 g/mol. The standard InChI is InChI=1S/C24H26F2N4O3/c1-14(2)33-19-10-18-15(11-30(29-18)24-8-7-23(3,12-24)32-13-24)9-16(19)22(31)28-20-6-4-5-17(27-20)21(25)26/h4-6,9-11,14,21H,7-8,12-13H2,1-3H3,(H,27,28,31)/t23-,24-/m0/s1. The van der Waals surface area contributed by atoms with Crippen LogP contribution < -0.4 is 10.1 Å². The van der Waals surface area contributed by atoms with Gasteiger partial charge in [-0.05, 0) is 51.8 Å². The lowest BCUT2D eigenvalue weighted by Crippen LogP contribution is -2.33. The van der Waals surface area contributed by atoms with Crippen molar-refractivity contribution in [3.63, 3.8) is 0 Å². The molecule has 3 heterocycles. The van der Waals surface area contributed by atoms with Crippen LogP contribution in [0.4, 0.5) is 14.6 Å². The number of pyridine rings is 1. The average Bonchev–Trinajstić information content (AvgIpc) is 3.43. The Kier molecular flexibility index (Phi) is 5.12. The normalized spacial score (nSPS) is 24.2. The number of rotatable bonds is 6. The summed E-state index contributed by atoms with van der Waals surface area (Å²) in [6, 6.07) is 7.60. The summed E-state index contributed by atoms with van der Waals surface area (Å²) in [5.74, 6) is -0.0620. The van der Waals surface area contributed by atoms with Crippen LogP contribution in [0.2, 0.25) is 0 Å². The smallest absolute Gasteiger partial charge is 0.280 e. The minimum absolute atomic E-state index is 0.0522. The van der Waals surface area contributed by atoms with E-state index >= 15 is 0 Å². The molecule has 33 heavy (non-hydrogen) atoms. The van der Waals surface area contributed by atoms with Crippen molar-refractivity contribution < 1.29 is 23.0 Å². The van der Waals surface area contributed by atoms with Crippen LogP contribution in [0.25, 0.3) is 10.9 Å². The SMILES string of the molecule is CC(C)Oc1cc2nn([C@@]34CC[C@@](C)(C3)OC4)cc2cc1C(=O)Nc1cccc(C(F)F)n1. The molecule has 0 radical (unpaired) electrons. The van der Waals surface area contributed by atoms with E-state index in [1.807, 2.05) is 24.7 Å². The summed E-state index contributed by atoms with van der Waals surface area (Å²) >= 11 is 0. The first-order valence-electron chi connectivity index (χ1n) is 11.1. The van der Waals surface area contributed by atoms with Crippen molar-refractivity contribution in [2.24, 2.45) is 0 Å². The molecule has 1 aliphatic carbocycles. The maximum absolute atomic E-state index is 13.1. The molecule has 2 aliphatic rings. The number of amides is 1. The summed E-state index contributed by atoms with van der Waals surface area (Å²) in [5.41, 5.74) is 0.333. The van der Waals surface area contributed by atoms with Crippen LogP contribution in [0.15, 0.2) is 36.5 Å². The third-order valence-corrected chi connectivity index (χ3v) is 6.45. The van der Waals surface area contributed by atoms with Crippen LogP contribution in [0, 0.1) is 0 Å². The number of carbonyl (C=O) groups excluding carboxylic acids is 1. The van der Waals surface area contributed by atoms with Crippen molar-refractivity contribution in [2.45, 2.75) is 63.7 Å². The number of aromatic nitrogens is 3. The molecule has 2 fully saturated rings. The van der Waals surface area contributed by atoms with Crippen molar-refractivity contribution in [1.29, 1.82) is 0 Å². The second kappa shape index (κ2) is 7.76. The molecule has 1 amide bonds. The van der Waals surface area contributed by atoms with Crippen LogP contribution in [0.5, 0.6) is 5.75 Å². The van der Waals surface area contributed by atoms with Crippen molar-refractivity contribution in [2.75, 3.05) is 11.9 Å². The van der Waals surface area contributed by atoms with Gasteiger partial charge >= 0.3 is 0 Å². The molecule has 1 saturated heterocycles. The maximum Gasteiger partial charge on any atom is 0.280 e. The molecule has 5 rings (SSSR count). The van der Waals surface area contributed by atoms with Gasteiger partial charge in [0.1, 0.15) is 17.3 Å². The lowest BCUT2D eigenvalue weighted by molar-refractivity contribution is -0.0149. The van der Waals surface area contributed by atoms with Crippen LogP contribution in [-0.4, -0.2) is 39.0 Å². The molecule has 0 unspecified atom stereocenters. The number of nitrogens with one attached hydrogen (secondary N) is 1. The van der Waals surface area contributed by atoms with E-state index in [0.717, 1.165) is 30.2 Å². The number of hydrogen-bond donors (Lipinski definition) is 1. The van der Waals surface area contributed by atoms with Gasteiger partial charge in [0.15, 0.2) is 0 Å². The minimum Gasteiger partial charge on any atom is -0.490 e. The molecule has 174 valence electrons. The van der Waals surface area contributed by atoms with Gasteiger partial charge in [-0.15, -0.1) is 0 Å². The molecule has 2 aromatic heterocycles. The lowest BCUT2D eigenvalue weighted by Gasteiger charge is -2.26. The molecule has 2 bridgehead atoms. The molecule has 3 aromatic rings. The highest BCUT2D eigenvalue weighted by Gasteiger charge is 2.54. The first-order valence-corrected chi connectivity index (χ1v) is 11.1. The van der Waals surface area contributed by atoms with E-state index in [1.54, 1.807) is 12.1 Å². The summed E-state index contributed by atoms with van der Waals surface area (Å²) in [6.07, 6.45) is 1.94. The summed E-state index contributed by atoms with van der Waals surface area (Å²) in [7, 11) is 0. The summed E-state index contributed by atoms with van der Waals surface area (Å²) in [6.45, 7) is 6.49. The number of hydrogen-bond acceptors (Lipinski definition) is 5.